The second-order valence-corrected chi connectivity index (χ2v) is 4.72. The molecule has 1 aromatic heterocycles. The van der Waals surface area contributed by atoms with E-state index in [1.165, 1.54) is 0 Å². The number of benzene rings is 1. The Morgan fingerprint density at radius 1 is 1.28 bits per heavy atom. The number of furan rings is 1. The number of para-hydroxylation sites is 1. The van der Waals surface area contributed by atoms with Gasteiger partial charge in [-0.2, -0.15) is 0 Å². The number of nitrogens with one attached hydrogen (secondary N) is 1. The molecule has 1 atom stereocenters. The van der Waals surface area contributed by atoms with Crippen molar-refractivity contribution in [3.63, 3.8) is 0 Å². The lowest BCUT2D eigenvalue weighted by molar-refractivity contribution is 0.250. The van der Waals surface area contributed by atoms with Crippen LogP contribution in [0.3, 0.4) is 0 Å². The fourth-order valence-corrected chi connectivity index (χ4v) is 2.47. The topological polar surface area (TPSA) is 34.4 Å². The Hall–Kier alpha value is -1.45. The average molecular weight is 264 g/mol. The van der Waals surface area contributed by atoms with Crippen LogP contribution in [0.4, 0.5) is 0 Å². The van der Waals surface area contributed by atoms with Gasteiger partial charge in [-0.3, -0.25) is 0 Å². The molecule has 0 saturated carbocycles. The van der Waals surface area contributed by atoms with E-state index in [9.17, 15) is 0 Å². The molecule has 1 N–H and O–H groups in total. The van der Waals surface area contributed by atoms with Crippen LogP contribution in [0.1, 0.15) is 23.8 Å². The summed E-state index contributed by atoms with van der Waals surface area (Å²) in [4.78, 5) is 0. The number of fused-ring (bicyclic) bond motifs is 1. The summed E-state index contributed by atoms with van der Waals surface area (Å²) in [5.41, 5.74) is 1.13. The van der Waals surface area contributed by atoms with Crippen molar-refractivity contribution in [2.45, 2.75) is 19.0 Å². The van der Waals surface area contributed by atoms with Gasteiger partial charge < -0.3 is 14.5 Å². The molecule has 94 valence electrons. The highest BCUT2D eigenvalue weighted by atomic mass is 35.5. The summed E-state index contributed by atoms with van der Waals surface area (Å²) in [5, 5.41) is 4.15. The van der Waals surface area contributed by atoms with Crippen molar-refractivity contribution in [2.24, 2.45) is 0 Å². The molecule has 0 saturated heterocycles. The molecule has 3 nitrogen and oxygen atoms in total. The van der Waals surface area contributed by atoms with Gasteiger partial charge >= 0.3 is 0 Å². The van der Waals surface area contributed by atoms with Crippen molar-refractivity contribution in [2.75, 3.05) is 6.61 Å². The van der Waals surface area contributed by atoms with Crippen molar-refractivity contribution in [3.05, 3.63) is 52.9 Å². The highest BCUT2D eigenvalue weighted by molar-refractivity contribution is 6.32. The molecule has 0 spiro atoms. The van der Waals surface area contributed by atoms with Crippen LogP contribution in [0, 0.1) is 0 Å². The van der Waals surface area contributed by atoms with E-state index in [0.29, 0.717) is 18.2 Å². The first-order valence-corrected chi connectivity index (χ1v) is 6.39. The third kappa shape index (κ3) is 2.24. The fourth-order valence-electron chi connectivity index (χ4n) is 2.24. The molecule has 3 rings (SSSR count). The van der Waals surface area contributed by atoms with Gasteiger partial charge in [-0.05, 0) is 18.2 Å². The molecule has 18 heavy (non-hydrogen) atoms. The molecule has 0 fully saturated rings. The zero-order chi connectivity index (χ0) is 12.4. The van der Waals surface area contributed by atoms with Gasteiger partial charge in [-0.25, -0.2) is 0 Å². The standard InChI is InChI=1S/C14H14ClNO2/c15-12-5-1-4-11-13(6-8-18-14(11)12)16-9-10-3-2-7-17-10/h1-5,7,13,16H,6,8-9H2. The average Bonchev–Trinajstić information content (AvgIpc) is 2.90. The van der Waals surface area contributed by atoms with Gasteiger partial charge in [-0.15, -0.1) is 0 Å². The quantitative estimate of drug-likeness (QED) is 0.920. The molecule has 2 heterocycles. The third-order valence-electron chi connectivity index (χ3n) is 3.13. The number of hydrogen-bond acceptors (Lipinski definition) is 3. The highest BCUT2D eigenvalue weighted by Gasteiger charge is 2.22. The number of halogens is 1. The molecule has 2 aromatic rings. The van der Waals surface area contributed by atoms with E-state index < -0.39 is 0 Å². The summed E-state index contributed by atoms with van der Waals surface area (Å²) < 4.78 is 10.9. The largest absolute Gasteiger partial charge is 0.492 e. The van der Waals surface area contributed by atoms with E-state index in [2.05, 4.69) is 11.4 Å². The molecule has 1 aromatic carbocycles. The molecule has 4 heteroatoms. The van der Waals surface area contributed by atoms with E-state index >= 15 is 0 Å². The fraction of sp³-hybridized carbons (Fsp3) is 0.286. The molecule has 1 aliphatic rings. The summed E-state index contributed by atoms with van der Waals surface area (Å²) in [6.07, 6.45) is 2.62. The third-order valence-corrected chi connectivity index (χ3v) is 3.43. The van der Waals surface area contributed by atoms with Crippen molar-refractivity contribution >= 4 is 11.6 Å². The van der Waals surface area contributed by atoms with Crippen molar-refractivity contribution in [1.82, 2.24) is 5.32 Å². The first-order chi connectivity index (χ1) is 8.84. The van der Waals surface area contributed by atoms with Gasteiger partial charge in [0.25, 0.3) is 0 Å². The SMILES string of the molecule is Clc1cccc2c1OCCC2NCc1ccco1. The van der Waals surface area contributed by atoms with E-state index in [-0.39, 0.29) is 6.04 Å². The van der Waals surface area contributed by atoms with Crippen molar-refractivity contribution in [3.8, 4) is 5.75 Å². The lowest BCUT2D eigenvalue weighted by atomic mass is 10.0. The Morgan fingerprint density at radius 2 is 2.22 bits per heavy atom. The summed E-state index contributed by atoms with van der Waals surface area (Å²) in [5.74, 6) is 1.74. The Morgan fingerprint density at radius 3 is 3.06 bits per heavy atom. The zero-order valence-corrected chi connectivity index (χ0v) is 10.6. The molecule has 0 aliphatic carbocycles. The number of ether oxygens (including phenoxy) is 1. The van der Waals surface area contributed by atoms with Gasteiger partial charge in [0, 0.05) is 18.0 Å². The highest BCUT2D eigenvalue weighted by Crippen LogP contribution is 2.37. The molecule has 0 amide bonds. The first kappa shape index (κ1) is 11.6. The Kier molecular flexibility index (Phi) is 3.26. The second kappa shape index (κ2) is 5.04. The van der Waals surface area contributed by atoms with Gasteiger partial charge in [-0.1, -0.05) is 23.7 Å². The second-order valence-electron chi connectivity index (χ2n) is 4.31. The van der Waals surface area contributed by atoms with E-state index in [1.54, 1.807) is 6.26 Å². The van der Waals surface area contributed by atoms with Crippen LogP contribution in [0.15, 0.2) is 41.0 Å². The van der Waals surface area contributed by atoms with Crippen LogP contribution in [-0.2, 0) is 6.54 Å². The maximum absolute atomic E-state index is 6.14. The van der Waals surface area contributed by atoms with Gasteiger partial charge in [0.1, 0.15) is 11.5 Å². The minimum Gasteiger partial charge on any atom is -0.492 e. The summed E-state index contributed by atoms with van der Waals surface area (Å²) in [6, 6.07) is 9.99. The lowest BCUT2D eigenvalue weighted by Gasteiger charge is -2.27. The maximum Gasteiger partial charge on any atom is 0.142 e. The Balaban J connectivity index is 1.77. The van der Waals surface area contributed by atoms with Crippen LogP contribution in [0.2, 0.25) is 5.02 Å². The molecule has 1 unspecified atom stereocenters. The molecule has 0 bridgehead atoms. The molecular weight excluding hydrogens is 250 g/mol. The number of hydrogen-bond donors (Lipinski definition) is 1. The van der Waals surface area contributed by atoms with Crippen molar-refractivity contribution < 1.29 is 9.15 Å². The predicted octanol–water partition coefficient (Wildman–Crippen LogP) is 3.55. The summed E-state index contributed by atoms with van der Waals surface area (Å²) >= 11 is 6.14. The van der Waals surface area contributed by atoms with Crippen LogP contribution >= 0.6 is 11.6 Å². The van der Waals surface area contributed by atoms with Gasteiger partial charge in [0.2, 0.25) is 0 Å². The normalized spacial score (nSPS) is 18.2. The van der Waals surface area contributed by atoms with E-state index in [4.69, 9.17) is 20.8 Å². The minimum atomic E-state index is 0.262. The first-order valence-electron chi connectivity index (χ1n) is 6.01. The summed E-state index contributed by atoms with van der Waals surface area (Å²) in [6.45, 7) is 1.40. The Labute approximate surface area is 111 Å². The van der Waals surface area contributed by atoms with Crippen molar-refractivity contribution in [1.29, 1.82) is 0 Å². The zero-order valence-electron chi connectivity index (χ0n) is 9.86. The van der Waals surface area contributed by atoms with Gasteiger partial charge in [0.05, 0.1) is 24.4 Å². The van der Waals surface area contributed by atoms with Gasteiger partial charge in [0.15, 0.2) is 0 Å². The van der Waals surface area contributed by atoms with Crippen LogP contribution < -0.4 is 10.1 Å². The summed E-state index contributed by atoms with van der Waals surface area (Å²) in [7, 11) is 0. The van der Waals surface area contributed by atoms with Crippen LogP contribution in [-0.4, -0.2) is 6.61 Å². The van der Waals surface area contributed by atoms with Crippen LogP contribution in [0.25, 0.3) is 0 Å². The molecule has 1 aliphatic heterocycles. The molecular formula is C14H14ClNO2. The van der Waals surface area contributed by atoms with E-state index in [0.717, 1.165) is 23.5 Å². The maximum atomic E-state index is 6.14. The monoisotopic (exact) mass is 263 g/mol. The predicted molar refractivity (Wildman–Crippen MR) is 69.9 cm³/mol. The van der Waals surface area contributed by atoms with E-state index in [1.807, 2.05) is 24.3 Å². The van der Waals surface area contributed by atoms with Crippen LogP contribution in [0.5, 0.6) is 5.75 Å². The number of rotatable bonds is 3. The molecule has 0 radical (unpaired) electrons. The minimum absolute atomic E-state index is 0.262. The Bertz CT molecular complexity index is 525. The lowest BCUT2D eigenvalue weighted by Crippen LogP contribution is -2.26. The smallest absolute Gasteiger partial charge is 0.142 e.